The molecule has 1 amide bonds. The lowest BCUT2D eigenvalue weighted by molar-refractivity contribution is -0.150. The average Bonchev–Trinajstić information content (AvgIpc) is 2.92. The van der Waals surface area contributed by atoms with Crippen molar-refractivity contribution in [3.8, 4) is 0 Å². The van der Waals surface area contributed by atoms with E-state index in [9.17, 15) is 23.1 Å². The van der Waals surface area contributed by atoms with Crippen molar-refractivity contribution >= 4 is 27.6 Å². The molecule has 1 fully saturated rings. The second-order valence-electron chi connectivity index (χ2n) is 6.51. The van der Waals surface area contributed by atoms with Crippen LogP contribution in [0.25, 0.3) is 0 Å². The van der Waals surface area contributed by atoms with Gasteiger partial charge >= 0.3 is 5.97 Å². The number of rotatable bonds is 5. The zero-order valence-corrected chi connectivity index (χ0v) is 14.8. The molecule has 24 heavy (non-hydrogen) atoms. The minimum atomic E-state index is -3.52. The number of aliphatic carboxylic acids is 1. The van der Waals surface area contributed by atoms with Crippen LogP contribution in [0, 0.1) is 11.3 Å². The topological polar surface area (TPSA) is 104 Å². The van der Waals surface area contributed by atoms with Gasteiger partial charge in [-0.15, -0.1) is 0 Å². The van der Waals surface area contributed by atoms with E-state index in [1.807, 2.05) is 13.8 Å². The second-order valence-corrected chi connectivity index (χ2v) is 8.26. The third kappa shape index (κ3) is 3.53. The van der Waals surface area contributed by atoms with Gasteiger partial charge in [-0.1, -0.05) is 26.0 Å². The van der Waals surface area contributed by atoms with Gasteiger partial charge in [0.2, 0.25) is 10.0 Å². The minimum Gasteiger partial charge on any atom is -0.481 e. The van der Waals surface area contributed by atoms with E-state index in [2.05, 4.69) is 4.72 Å². The zero-order valence-electron chi connectivity index (χ0n) is 13.9. The van der Waals surface area contributed by atoms with Crippen LogP contribution in [0.15, 0.2) is 24.3 Å². The Hall–Kier alpha value is -2.09. The van der Waals surface area contributed by atoms with Crippen molar-refractivity contribution in [2.24, 2.45) is 11.3 Å². The molecule has 0 aromatic heterocycles. The summed E-state index contributed by atoms with van der Waals surface area (Å²) in [6, 6.07) is 6.32. The standard InChI is InChI=1S/C16H22N2O5S/c1-11(2)16(15(20)21)8-9-18(10-16)14(19)12-6-4-5-7-13(12)17-24(3,22)23/h4-7,11,17H,8-10H2,1-3H3,(H,20,21). The van der Waals surface area contributed by atoms with Crippen molar-refractivity contribution in [2.45, 2.75) is 20.3 Å². The molecule has 0 radical (unpaired) electrons. The predicted octanol–water partition coefficient (Wildman–Crippen LogP) is 1.63. The van der Waals surface area contributed by atoms with Gasteiger partial charge in [0, 0.05) is 13.1 Å². The summed E-state index contributed by atoms with van der Waals surface area (Å²) in [6.45, 7) is 4.12. The molecular weight excluding hydrogens is 332 g/mol. The quantitative estimate of drug-likeness (QED) is 0.836. The first kappa shape index (κ1) is 18.3. The number of hydrogen-bond donors (Lipinski definition) is 2. The Balaban J connectivity index is 2.30. The zero-order chi connectivity index (χ0) is 18.1. The number of benzene rings is 1. The molecule has 1 aromatic carbocycles. The first-order valence-corrected chi connectivity index (χ1v) is 9.55. The normalized spacial score (nSPS) is 21.1. The summed E-state index contributed by atoms with van der Waals surface area (Å²) in [4.78, 5) is 26.0. The highest BCUT2D eigenvalue weighted by molar-refractivity contribution is 7.92. The molecule has 0 saturated carbocycles. The second kappa shape index (κ2) is 6.43. The number of para-hydroxylation sites is 1. The number of hydrogen-bond acceptors (Lipinski definition) is 4. The van der Waals surface area contributed by atoms with Crippen LogP contribution in [0.1, 0.15) is 30.6 Å². The van der Waals surface area contributed by atoms with Crippen LogP contribution in [0.4, 0.5) is 5.69 Å². The molecule has 7 nitrogen and oxygen atoms in total. The lowest BCUT2D eigenvalue weighted by Gasteiger charge is -2.28. The molecule has 0 spiro atoms. The Bertz CT molecular complexity index is 759. The summed E-state index contributed by atoms with van der Waals surface area (Å²) in [5.41, 5.74) is -0.551. The van der Waals surface area contributed by atoms with E-state index >= 15 is 0 Å². The molecule has 1 unspecified atom stereocenters. The summed E-state index contributed by atoms with van der Waals surface area (Å²) in [5.74, 6) is -1.39. The summed E-state index contributed by atoms with van der Waals surface area (Å²) in [7, 11) is -3.52. The Morgan fingerprint density at radius 1 is 1.29 bits per heavy atom. The number of sulfonamides is 1. The first-order chi connectivity index (χ1) is 11.1. The number of carbonyl (C=O) groups is 2. The lowest BCUT2D eigenvalue weighted by atomic mass is 9.76. The van der Waals surface area contributed by atoms with Crippen LogP contribution in [0.5, 0.6) is 0 Å². The van der Waals surface area contributed by atoms with E-state index in [1.54, 1.807) is 12.1 Å². The van der Waals surface area contributed by atoms with Gasteiger partial charge < -0.3 is 10.0 Å². The molecule has 8 heteroatoms. The van der Waals surface area contributed by atoms with Gasteiger partial charge in [-0.05, 0) is 24.5 Å². The highest BCUT2D eigenvalue weighted by Crippen LogP contribution is 2.39. The Kier molecular flexibility index (Phi) is 4.89. The lowest BCUT2D eigenvalue weighted by Crippen LogP contribution is -2.40. The number of carboxylic acid groups (broad SMARTS) is 1. The van der Waals surface area contributed by atoms with E-state index < -0.39 is 21.4 Å². The van der Waals surface area contributed by atoms with Crippen molar-refractivity contribution in [3.05, 3.63) is 29.8 Å². The van der Waals surface area contributed by atoms with E-state index in [4.69, 9.17) is 0 Å². The molecular formula is C16H22N2O5S. The Morgan fingerprint density at radius 2 is 1.92 bits per heavy atom. The average molecular weight is 354 g/mol. The third-order valence-corrected chi connectivity index (χ3v) is 5.16. The molecule has 1 aliphatic heterocycles. The van der Waals surface area contributed by atoms with Crippen LogP contribution < -0.4 is 4.72 Å². The van der Waals surface area contributed by atoms with Gasteiger partial charge in [-0.3, -0.25) is 14.3 Å². The van der Waals surface area contributed by atoms with Gasteiger partial charge in [0.15, 0.2) is 0 Å². The van der Waals surface area contributed by atoms with Gasteiger partial charge in [0.05, 0.1) is 22.9 Å². The van der Waals surface area contributed by atoms with Gasteiger partial charge in [-0.25, -0.2) is 8.42 Å². The maximum Gasteiger partial charge on any atom is 0.311 e. The van der Waals surface area contributed by atoms with E-state index in [1.165, 1.54) is 17.0 Å². The molecule has 2 rings (SSSR count). The van der Waals surface area contributed by atoms with Crippen molar-refractivity contribution in [1.82, 2.24) is 4.90 Å². The molecule has 1 aliphatic rings. The van der Waals surface area contributed by atoms with Crippen LogP contribution >= 0.6 is 0 Å². The fourth-order valence-corrected chi connectivity index (χ4v) is 3.61. The van der Waals surface area contributed by atoms with Gasteiger partial charge in [0.25, 0.3) is 5.91 Å². The largest absolute Gasteiger partial charge is 0.481 e. The van der Waals surface area contributed by atoms with Crippen molar-refractivity contribution in [3.63, 3.8) is 0 Å². The minimum absolute atomic E-state index is 0.114. The Labute approximate surface area is 141 Å². The van der Waals surface area contributed by atoms with E-state index in [0.29, 0.717) is 13.0 Å². The molecule has 1 saturated heterocycles. The third-order valence-electron chi connectivity index (χ3n) is 4.57. The number of carbonyl (C=O) groups excluding carboxylic acids is 1. The summed E-state index contributed by atoms with van der Waals surface area (Å²) in [6.07, 6.45) is 1.39. The molecule has 1 heterocycles. The van der Waals surface area contributed by atoms with Crippen molar-refractivity contribution < 1.29 is 23.1 Å². The molecule has 1 atom stereocenters. The monoisotopic (exact) mass is 354 g/mol. The van der Waals surface area contributed by atoms with Crippen LogP contribution in [0.2, 0.25) is 0 Å². The molecule has 2 N–H and O–H groups in total. The molecule has 0 aliphatic carbocycles. The fourth-order valence-electron chi connectivity index (χ4n) is 3.03. The van der Waals surface area contributed by atoms with E-state index in [-0.39, 0.29) is 29.6 Å². The van der Waals surface area contributed by atoms with Crippen molar-refractivity contribution in [2.75, 3.05) is 24.1 Å². The van der Waals surface area contributed by atoms with Gasteiger partial charge in [-0.2, -0.15) is 0 Å². The molecule has 0 bridgehead atoms. The highest BCUT2D eigenvalue weighted by Gasteiger charge is 2.48. The number of carboxylic acids is 1. The molecule has 1 aromatic rings. The summed E-state index contributed by atoms with van der Waals surface area (Å²) >= 11 is 0. The van der Waals surface area contributed by atoms with Crippen molar-refractivity contribution in [1.29, 1.82) is 0 Å². The number of anilines is 1. The van der Waals surface area contributed by atoms with E-state index in [0.717, 1.165) is 6.26 Å². The number of amides is 1. The number of nitrogens with zero attached hydrogens (tertiary/aromatic N) is 1. The molecule has 132 valence electrons. The maximum atomic E-state index is 12.8. The summed E-state index contributed by atoms with van der Waals surface area (Å²) < 4.78 is 25.3. The first-order valence-electron chi connectivity index (χ1n) is 7.66. The fraction of sp³-hybridized carbons (Fsp3) is 0.500. The predicted molar refractivity (Wildman–Crippen MR) is 90.3 cm³/mol. The smallest absolute Gasteiger partial charge is 0.311 e. The van der Waals surface area contributed by atoms with Crippen LogP contribution in [-0.2, 0) is 14.8 Å². The number of nitrogens with one attached hydrogen (secondary N) is 1. The number of likely N-dealkylation sites (tertiary alicyclic amines) is 1. The Morgan fingerprint density at radius 3 is 2.42 bits per heavy atom. The SMILES string of the molecule is CC(C)C1(C(=O)O)CCN(C(=O)c2ccccc2NS(C)(=O)=O)C1. The van der Waals surface area contributed by atoms with Crippen LogP contribution in [0.3, 0.4) is 0 Å². The highest BCUT2D eigenvalue weighted by atomic mass is 32.2. The summed E-state index contributed by atoms with van der Waals surface area (Å²) in [5, 5.41) is 9.58. The van der Waals surface area contributed by atoms with Crippen LogP contribution in [-0.4, -0.2) is 49.6 Å². The maximum absolute atomic E-state index is 12.8. The van der Waals surface area contributed by atoms with Gasteiger partial charge in [0.1, 0.15) is 0 Å².